The lowest BCUT2D eigenvalue weighted by Gasteiger charge is -2.26. The molecule has 1 aliphatic rings. The Labute approximate surface area is 183 Å². The molecule has 1 fully saturated rings. The van der Waals surface area contributed by atoms with E-state index in [2.05, 4.69) is 6.92 Å². The molecular weight excluding hydrogens is 392 g/mol. The number of carbonyl (C=O) groups excluding carboxylic acids is 2. The van der Waals surface area contributed by atoms with Crippen LogP contribution in [0.3, 0.4) is 0 Å². The fourth-order valence-electron chi connectivity index (χ4n) is 3.90. The standard InChI is InChI=1S/C25H30N2O4/c1-17-2-4-19(5-3-17)20-6-8-23(9-7-20)31-25(29)11-10-24(28)30-13-12-18-14-21(26)16-22(27)15-18/h6-11,14-17,19H,2-5,12-13,26-27H2,1H3/b11-10-. The zero-order valence-electron chi connectivity index (χ0n) is 17.9. The highest BCUT2D eigenvalue weighted by Crippen LogP contribution is 2.35. The third kappa shape index (κ3) is 7.17. The molecule has 2 aromatic carbocycles. The summed E-state index contributed by atoms with van der Waals surface area (Å²) < 4.78 is 10.4. The number of esters is 2. The lowest BCUT2D eigenvalue weighted by molar-refractivity contribution is -0.138. The van der Waals surface area contributed by atoms with Gasteiger partial charge in [-0.05, 0) is 66.1 Å². The Morgan fingerprint density at radius 2 is 1.55 bits per heavy atom. The monoisotopic (exact) mass is 422 g/mol. The molecule has 0 heterocycles. The van der Waals surface area contributed by atoms with Crippen LogP contribution in [0.4, 0.5) is 11.4 Å². The maximum Gasteiger partial charge on any atom is 0.336 e. The van der Waals surface area contributed by atoms with Crippen LogP contribution >= 0.6 is 0 Å². The summed E-state index contributed by atoms with van der Waals surface area (Å²) in [7, 11) is 0. The molecule has 0 aromatic heterocycles. The van der Waals surface area contributed by atoms with Gasteiger partial charge in [0.05, 0.1) is 6.61 Å². The second-order valence-electron chi connectivity index (χ2n) is 8.21. The molecule has 0 aliphatic heterocycles. The minimum atomic E-state index is -0.625. The van der Waals surface area contributed by atoms with Crippen LogP contribution in [0.2, 0.25) is 0 Å². The van der Waals surface area contributed by atoms with Crippen molar-refractivity contribution >= 4 is 23.3 Å². The van der Waals surface area contributed by atoms with E-state index in [1.165, 1.54) is 31.2 Å². The van der Waals surface area contributed by atoms with Crippen LogP contribution < -0.4 is 16.2 Å². The van der Waals surface area contributed by atoms with E-state index in [1.807, 2.05) is 12.1 Å². The number of hydrogen-bond acceptors (Lipinski definition) is 6. The first-order chi connectivity index (χ1) is 14.9. The van der Waals surface area contributed by atoms with Gasteiger partial charge in [0.15, 0.2) is 0 Å². The lowest BCUT2D eigenvalue weighted by atomic mass is 9.79. The van der Waals surface area contributed by atoms with Crippen LogP contribution in [-0.2, 0) is 20.7 Å². The van der Waals surface area contributed by atoms with Gasteiger partial charge in [0, 0.05) is 29.9 Å². The first-order valence-electron chi connectivity index (χ1n) is 10.7. The smallest absolute Gasteiger partial charge is 0.336 e. The number of nitrogen functional groups attached to an aromatic ring is 2. The predicted molar refractivity (Wildman–Crippen MR) is 122 cm³/mol. The average molecular weight is 423 g/mol. The first kappa shape index (κ1) is 22.4. The summed E-state index contributed by atoms with van der Waals surface area (Å²) in [6, 6.07) is 12.8. The Hall–Kier alpha value is -3.28. The quantitative estimate of drug-likeness (QED) is 0.297. The van der Waals surface area contributed by atoms with Gasteiger partial charge in [0.2, 0.25) is 0 Å². The summed E-state index contributed by atoms with van der Waals surface area (Å²) in [5.74, 6) is 0.607. The van der Waals surface area contributed by atoms with Crippen molar-refractivity contribution in [2.45, 2.75) is 44.9 Å². The molecule has 0 atom stereocenters. The van der Waals surface area contributed by atoms with E-state index in [0.717, 1.165) is 23.6 Å². The highest BCUT2D eigenvalue weighted by Gasteiger charge is 2.19. The number of ether oxygens (including phenoxy) is 2. The SMILES string of the molecule is CC1CCC(c2ccc(OC(=O)/C=C\C(=O)OCCc3cc(N)cc(N)c3)cc2)CC1. The first-order valence-corrected chi connectivity index (χ1v) is 10.7. The molecule has 31 heavy (non-hydrogen) atoms. The number of anilines is 2. The zero-order chi connectivity index (χ0) is 22.2. The van der Waals surface area contributed by atoms with Crippen molar-refractivity contribution in [3.63, 3.8) is 0 Å². The van der Waals surface area contributed by atoms with Crippen molar-refractivity contribution in [3.8, 4) is 5.75 Å². The van der Waals surface area contributed by atoms with Crippen molar-refractivity contribution in [1.82, 2.24) is 0 Å². The summed E-state index contributed by atoms with van der Waals surface area (Å²) in [6.45, 7) is 2.46. The highest BCUT2D eigenvalue weighted by molar-refractivity contribution is 5.92. The van der Waals surface area contributed by atoms with E-state index in [0.29, 0.717) is 29.5 Å². The van der Waals surface area contributed by atoms with Gasteiger partial charge in [-0.3, -0.25) is 0 Å². The van der Waals surface area contributed by atoms with Gasteiger partial charge in [0.1, 0.15) is 5.75 Å². The molecule has 6 nitrogen and oxygen atoms in total. The zero-order valence-corrected chi connectivity index (χ0v) is 17.9. The molecule has 3 rings (SSSR count). The lowest BCUT2D eigenvalue weighted by Crippen LogP contribution is -2.11. The van der Waals surface area contributed by atoms with Gasteiger partial charge in [-0.25, -0.2) is 9.59 Å². The van der Waals surface area contributed by atoms with Crippen LogP contribution in [0.5, 0.6) is 5.75 Å². The molecular formula is C25H30N2O4. The minimum absolute atomic E-state index is 0.155. The maximum atomic E-state index is 12.0. The Morgan fingerprint density at radius 3 is 2.19 bits per heavy atom. The van der Waals surface area contributed by atoms with Crippen LogP contribution in [0.15, 0.2) is 54.6 Å². The highest BCUT2D eigenvalue weighted by atomic mass is 16.5. The van der Waals surface area contributed by atoms with E-state index in [9.17, 15) is 9.59 Å². The van der Waals surface area contributed by atoms with E-state index >= 15 is 0 Å². The van der Waals surface area contributed by atoms with E-state index < -0.39 is 11.9 Å². The second kappa shape index (κ2) is 10.7. The average Bonchev–Trinajstić information content (AvgIpc) is 2.73. The molecule has 0 unspecified atom stereocenters. The van der Waals surface area contributed by atoms with Crippen LogP contribution in [0.25, 0.3) is 0 Å². The summed E-state index contributed by atoms with van der Waals surface area (Å²) in [5.41, 5.74) is 14.8. The molecule has 0 amide bonds. The number of benzene rings is 2. The van der Waals surface area contributed by atoms with Crippen LogP contribution in [0, 0.1) is 5.92 Å². The minimum Gasteiger partial charge on any atom is -0.462 e. The van der Waals surface area contributed by atoms with Crippen molar-refractivity contribution < 1.29 is 19.1 Å². The molecule has 1 aliphatic carbocycles. The van der Waals surface area contributed by atoms with Gasteiger partial charge in [-0.2, -0.15) is 0 Å². The van der Waals surface area contributed by atoms with Crippen molar-refractivity contribution in [2.75, 3.05) is 18.1 Å². The van der Waals surface area contributed by atoms with Gasteiger partial charge >= 0.3 is 11.9 Å². The second-order valence-corrected chi connectivity index (χ2v) is 8.21. The van der Waals surface area contributed by atoms with Gasteiger partial charge in [-0.15, -0.1) is 0 Å². The predicted octanol–water partition coefficient (Wildman–Crippen LogP) is 4.39. The van der Waals surface area contributed by atoms with Gasteiger partial charge in [-0.1, -0.05) is 31.9 Å². The van der Waals surface area contributed by atoms with Crippen LogP contribution in [-0.4, -0.2) is 18.5 Å². The number of carbonyl (C=O) groups is 2. The third-order valence-corrected chi connectivity index (χ3v) is 5.61. The molecule has 6 heteroatoms. The van der Waals surface area contributed by atoms with Gasteiger partial charge in [0.25, 0.3) is 0 Å². The van der Waals surface area contributed by atoms with Crippen molar-refractivity contribution in [2.24, 2.45) is 5.92 Å². The molecule has 164 valence electrons. The molecule has 0 bridgehead atoms. The Morgan fingerprint density at radius 1 is 0.935 bits per heavy atom. The summed E-state index contributed by atoms with van der Waals surface area (Å²) in [4.78, 5) is 23.8. The Balaban J connectivity index is 1.41. The fourth-order valence-corrected chi connectivity index (χ4v) is 3.90. The van der Waals surface area contributed by atoms with Crippen molar-refractivity contribution in [3.05, 3.63) is 65.7 Å². The van der Waals surface area contributed by atoms with Crippen molar-refractivity contribution in [1.29, 1.82) is 0 Å². The van der Waals surface area contributed by atoms with Gasteiger partial charge < -0.3 is 20.9 Å². The molecule has 4 N–H and O–H groups in total. The Kier molecular flexibility index (Phi) is 7.70. The number of rotatable bonds is 7. The summed E-state index contributed by atoms with van der Waals surface area (Å²) in [5, 5.41) is 0. The largest absolute Gasteiger partial charge is 0.462 e. The molecule has 0 saturated heterocycles. The number of hydrogen-bond donors (Lipinski definition) is 2. The van der Waals surface area contributed by atoms with E-state index in [1.54, 1.807) is 30.3 Å². The molecule has 1 saturated carbocycles. The molecule has 0 spiro atoms. The Bertz CT molecular complexity index is 909. The van der Waals surface area contributed by atoms with E-state index in [4.69, 9.17) is 20.9 Å². The third-order valence-electron chi connectivity index (χ3n) is 5.61. The molecule has 0 radical (unpaired) electrons. The maximum absolute atomic E-state index is 12.0. The van der Waals surface area contributed by atoms with E-state index in [-0.39, 0.29) is 6.61 Å². The topological polar surface area (TPSA) is 105 Å². The van der Waals surface area contributed by atoms with Crippen LogP contribution in [0.1, 0.15) is 49.7 Å². The fraction of sp³-hybridized carbons (Fsp3) is 0.360. The normalized spacial score (nSPS) is 18.6. The number of nitrogens with two attached hydrogens (primary N) is 2. The summed E-state index contributed by atoms with van der Waals surface area (Å²) in [6.07, 6.45) is 7.54. The molecule has 2 aromatic rings. The summed E-state index contributed by atoms with van der Waals surface area (Å²) >= 11 is 0.